The second-order valence-corrected chi connectivity index (χ2v) is 10.2. The molecule has 8 heteroatoms. The predicted octanol–water partition coefficient (Wildman–Crippen LogP) is 5.96. The molecule has 1 saturated carbocycles. The van der Waals surface area contributed by atoms with Gasteiger partial charge in [-0.25, -0.2) is 4.98 Å². The molecule has 2 aromatic carbocycles. The minimum absolute atomic E-state index is 0.190. The van der Waals surface area contributed by atoms with E-state index >= 15 is 0 Å². The molecule has 6 rings (SSSR count). The van der Waals surface area contributed by atoms with Crippen molar-refractivity contribution < 1.29 is 23.0 Å². The molecule has 3 aromatic rings. The molecular weight excluding hydrogens is 467 g/mol. The Kier molecular flexibility index (Phi) is 6.83. The Balaban J connectivity index is 1.13. The van der Waals surface area contributed by atoms with Gasteiger partial charge in [0.15, 0.2) is 5.75 Å². The van der Waals surface area contributed by atoms with Crippen LogP contribution in [0.15, 0.2) is 54.6 Å². The van der Waals surface area contributed by atoms with Gasteiger partial charge in [-0.3, -0.25) is 0 Å². The monoisotopic (exact) mass is 499 g/mol. The summed E-state index contributed by atoms with van der Waals surface area (Å²) >= 11 is 0. The highest BCUT2D eigenvalue weighted by Crippen LogP contribution is 2.51. The van der Waals surface area contributed by atoms with Crippen LogP contribution in [-0.4, -0.2) is 52.1 Å². The number of benzene rings is 2. The number of fused-ring (bicyclic) bond motifs is 3. The van der Waals surface area contributed by atoms with Crippen molar-refractivity contribution in [1.29, 1.82) is 0 Å². The normalized spacial score (nSPS) is 23.9. The lowest BCUT2D eigenvalue weighted by molar-refractivity contribution is -0.274. The number of aromatic nitrogens is 2. The molecule has 3 aliphatic carbocycles. The minimum Gasteiger partial charge on any atom is -0.403 e. The fourth-order valence-corrected chi connectivity index (χ4v) is 5.83. The third-order valence-electron chi connectivity index (χ3n) is 7.67. The van der Waals surface area contributed by atoms with Crippen molar-refractivity contribution in [2.75, 3.05) is 20.1 Å². The standard InChI is InChI=1S/C28H32F3N3O2/c1-34(15-6-11-25-32-23-9-5-10-24(26(23)33-25)36-28(29,30)31)16-14-27(35)18-20-12-13-21(27)17-22(20)19-7-3-2-4-8-19/h2-5,7-10,17,20-21,35H,6,11-16,18H2,1H3,(H,32,33)/t20-,21+,27-/m1/s1. The molecular formula is C28H32F3N3O2. The first-order valence-electron chi connectivity index (χ1n) is 12.6. The summed E-state index contributed by atoms with van der Waals surface area (Å²) < 4.78 is 42.1. The van der Waals surface area contributed by atoms with Crippen molar-refractivity contribution in [2.45, 2.75) is 50.5 Å². The summed E-state index contributed by atoms with van der Waals surface area (Å²) in [6, 6.07) is 15.0. The highest BCUT2D eigenvalue weighted by atomic mass is 19.4. The maximum absolute atomic E-state index is 12.7. The summed E-state index contributed by atoms with van der Waals surface area (Å²) in [7, 11) is 2.05. The number of alkyl halides is 3. The Morgan fingerprint density at radius 2 is 1.92 bits per heavy atom. The van der Waals surface area contributed by atoms with E-state index in [1.807, 2.05) is 13.1 Å². The molecule has 0 saturated heterocycles. The summed E-state index contributed by atoms with van der Waals surface area (Å²) in [5.74, 6) is 0.944. The summed E-state index contributed by atoms with van der Waals surface area (Å²) in [6.45, 7) is 1.59. The second-order valence-electron chi connectivity index (χ2n) is 10.2. The minimum atomic E-state index is -4.75. The van der Waals surface area contributed by atoms with Crippen LogP contribution in [0.25, 0.3) is 16.6 Å². The third-order valence-corrected chi connectivity index (χ3v) is 7.67. The number of halogens is 3. The van der Waals surface area contributed by atoms with Crippen molar-refractivity contribution in [1.82, 2.24) is 14.9 Å². The summed E-state index contributed by atoms with van der Waals surface area (Å²) in [4.78, 5) is 9.65. The first-order chi connectivity index (χ1) is 17.2. The molecule has 192 valence electrons. The zero-order chi connectivity index (χ0) is 25.3. The topological polar surface area (TPSA) is 61.4 Å². The lowest BCUT2D eigenvalue weighted by Gasteiger charge is -2.48. The van der Waals surface area contributed by atoms with E-state index < -0.39 is 12.0 Å². The highest BCUT2D eigenvalue weighted by Gasteiger charge is 2.46. The highest BCUT2D eigenvalue weighted by molar-refractivity contribution is 5.81. The summed E-state index contributed by atoms with van der Waals surface area (Å²) in [6.07, 6.45) is 2.68. The fraction of sp³-hybridized carbons (Fsp3) is 0.464. The van der Waals surface area contributed by atoms with E-state index in [1.54, 1.807) is 6.07 Å². The van der Waals surface area contributed by atoms with Crippen LogP contribution in [0.3, 0.4) is 0 Å². The Labute approximate surface area is 209 Å². The first kappa shape index (κ1) is 24.8. The molecule has 5 nitrogen and oxygen atoms in total. The van der Waals surface area contributed by atoms with E-state index in [2.05, 4.69) is 49.9 Å². The van der Waals surface area contributed by atoms with Crippen LogP contribution in [0.4, 0.5) is 13.2 Å². The summed E-state index contributed by atoms with van der Waals surface area (Å²) in [5, 5.41) is 11.5. The molecule has 0 unspecified atom stereocenters. The molecule has 36 heavy (non-hydrogen) atoms. The number of H-pyrrole nitrogens is 1. The quantitative estimate of drug-likeness (QED) is 0.381. The Morgan fingerprint density at radius 3 is 2.64 bits per heavy atom. The van der Waals surface area contributed by atoms with Gasteiger partial charge in [-0.05, 0) is 74.9 Å². The molecule has 1 fully saturated rings. The molecule has 0 amide bonds. The van der Waals surface area contributed by atoms with E-state index in [0.29, 0.717) is 23.7 Å². The van der Waals surface area contributed by atoms with Gasteiger partial charge in [0.25, 0.3) is 0 Å². The fourth-order valence-electron chi connectivity index (χ4n) is 5.83. The number of hydrogen-bond acceptors (Lipinski definition) is 4. The molecule has 2 N–H and O–H groups in total. The molecule has 1 aromatic heterocycles. The van der Waals surface area contributed by atoms with Crippen molar-refractivity contribution in [3.05, 3.63) is 66.0 Å². The van der Waals surface area contributed by atoms with Crippen molar-refractivity contribution in [3.8, 4) is 5.75 Å². The number of aromatic amines is 1. The van der Waals surface area contributed by atoms with Gasteiger partial charge in [-0.2, -0.15) is 0 Å². The number of aryl methyl sites for hydroxylation is 1. The maximum atomic E-state index is 12.7. The first-order valence-corrected chi connectivity index (χ1v) is 12.6. The molecule has 3 aliphatic rings. The number of allylic oxidation sites excluding steroid dienone is 1. The van der Waals surface area contributed by atoms with Gasteiger partial charge >= 0.3 is 6.36 Å². The van der Waals surface area contributed by atoms with E-state index in [-0.39, 0.29) is 17.2 Å². The van der Waals surface area contributed by atoms with Crippen molar-refractivity contribution in [2.24, 2.45) is 11.8 Å². The lowest BCUT2D eigenvalue weighted by Crippen LogP contribution is -2.48. The average molecular weight is 500 g/mol. The van der Waals surface area contributed by atoms with Crippen LogP contribution in [0, 0.1) is 11.8 Å². The number of nitrogens with zero attached hydrogens (tertiary/aromatic N) is 2. The van der Waals surface area contributed by atoms with Crippen LogP contribution < -0.4 is 4.74 Å². The van der Waals surface area contributed by atoms with Gasteiger partial charge in [0.05, 0.1) is 11.1 Å². The van der Waals surface area contributed by atoms with Gasteiger partial charge in [0.2, 0.25) is 0 Å². The summed E-state index contributed by atoms with van der Waals surface area (Å²) in [5.41, 5.74) is 2.71. The molecule has 0 spiro atoms. The number of aliphatic hydroxyl groups is 1. The Hall–Kier alpha value is -2.84. The van der Waals surface area contributed by atoms with E-state index in [0.717, 1.165) is 45.2 Å². The zero-order valence-electron chi connectivity index (χ0n) is 20.4. The zero-order valence-corrected chi connectivity index (χ0v) is 20.4. The molecule has 1 heterocycles. The number of hydrogen-bond donors (Lipinski definition) is 2. The van der Waals surface area contributed by atoms with Gasteiger partial charge in [0, 0.05) is 18.9 Å². The smallest absolute Gasteiger partial charge is 0.403 e. The molecule has 2 bridgehead atoms. The number of ether oxygens (including phenoxy) is 1. The largest absolute Gasteiger partial charge is 0.573 e. The average Bonchev–Trinajstić information content (AvgIpc) is 3.27. The second kappa shape index (κ2) is 9.90. The third kappa shape index (κ3) is 5.44. The SMILES string of the molecule is CN(CCCc1nc2c(OC(F)(F)F)cccc2[nH]1)CC[C@@]1(O)C[C@H]2CC[C@H]1C=C2c1ccccc1. The molecule has 0 aliphatic heterocycles. The Bertz CT molecular complexity index is 1220. The van der Waals surface area contributed by atoms with E-state index in [1.165, 1.54) is 23.3 Å². The van der Waals surface area contributed by atoms with Crippen LogP contribution in [-0.2, 0) is 6.42 Å². The van der Waals surface area contributed by atoms with Gasteiger partial charge in [-0.15, -0.1) is 13.2 Å². The van der Waals surface area contributed by atoms with Crippen molar-refractivity contribution in [3.63, 3.8) is 0 Å². The van der Waals surface area contributed by atoms with Crippen LogP contribution >= 0.6 is 0 Å². The maximum Gasteiger partial charge on any atom is 0.573 e. The van der Waals surface area contributed by atoms with Crippen LogP contribution in [0.2, 0.25) is 0 Å². The van der Waals surface area contributed by atoms with Crippen LogP contribution in [0.1, 0.15) is 43.5 Å². The Morgan fingerprint density at radius 1 is 1.11 bits per heavy atom. The van der Waals surface area contributed by atoms with Crippen molar-refractivity contribution >= 4 is 16.6 Å². The molecule has 0 radical (unpaired) electrons. The van der Waals surface area contributed by atoms with Crippen LogP contribution in [0.5, 0.6) is 5.75 Å². The molecule has 3 atom stereocenters. The lowest BCUT2D eigenvalue weighted by atomic mass is 9.61. The van der Waals surface area contributed by atoms with E-state index in [4.69, 9.17) is 0 Å². The number of para-hydroxylation sites is 1. The van der Waals surface area contributed by atoms with Gasteiger partial charge in [-0.1, -0.05) is 42.5 Å². The number of imidazole rings is 1. The van der Waals surface area contributed by atoms with Gasteiger partial charge in [0.1, 0.15) is 11.3 Å². The van der Waals surface area contributed by atoms with Gasteiger partial charge < -0.3 is 19.7 Å². The predicted molar refractivity (Wildman–Crippen MR) is 133 cm³/mol. The van der Waals surface area contributed by atoms with E-state index in [9.17, 15) is 18.3 Å². The number of nitrogens with one attached hydrogen (secondary N) is 1. The number of rotatable bonds is 9.